The van der Waals surface area contributed by atoms with Crippen molar-refractivity contribution in [1.29, 1.82) is 0 Å². The summed E-state index contributed by atoms with van der Waals surface area (Å²) in [6.07, 6.45) is 8.31. The summed E-state index contributed by atoms with van der Waals surface area (Å²) in [7, 11) is 0. The van der Waals surface area contributed by atoms with Gasteiger partial charge in [0, 0.05) is 30.1 Å². The van der Waals surface area contributed by atoms with Crippen LogP contribution in [0.5, 0.6) is 0 Å². The molecule has 19 heavy (non-hydrogen) atoms. The Kier molecular flexibility index (Phi) is 4.57. The third-order valence-electron chi connectivity index (χ3n) is 4.84. The number of aryl methyl sites for hydroxylation is 1. The minimum atomic E-state index is 0.707. The molecule has 1 aromatic heterocycles. The smallest absolute Gasteiger partial charge is 0.0303 e. The zero-order chi connectivity index (χ0) is 13.1. The molecule has 1 aliphatic carbocycles. The van der Waals surface area contributed by atoms with Crippen molar-refractivity contribution in [2.24, 2.45) is 5.92 Å². The van der Waals surface area contributed by atoms with Gasteiger partial charge in [0.05, 0.1) is 0 Å². The van der Waals surface area contributed by atoms with E-state index in [2.05, 4.69) is 29.0 Å². The molecule has 0 bridgehead atoms. The van der Waals surface area contributed by atoms with Gasteiger partial charge in [0.1, 0.15) is 0 Å². The summed E-state index contributed by atoms with van der Waals surface area (Å²) >= 11 is 1.89. The Labute approximate surface area is 121 Å². The van der Waals surface area contributed by atoms with Crippen LogP contribution in [-0.2, 0) is 13.0 Å². The maximum absolute atomic E-state index is 3.84. The predicted octanol–water partition coefficient (Wildman–Crippen LogP) is 3.32. The maximum Gasteiger partial charge on any atom is 0.0303 e. The minimum absolute atomic E-state index is 0.707. The Morgan fingerprint density at radius 1 is 1.37 bits per heavy atom. The third kappa shape index (κ3) is 3.21. The van der Waals surface area contributed by atoms with E-state index in [-0.39, 0.29) is 0 Å². The van der Waals surface area contributed by atoms with Crippen LogP contribution in [0, 0.1) is 5.92 Å². The minimum Gasteiger partial charge on any atom is -0.310 e. The van der Waals surface area contributed by atoms with Crippen LogP contribution in [0.4, 0.5) is 0 Å². The van der Waals surface area contributed by atoms with Gasteiger partial charge >= 0.3 is 0 Å². The van der Waals surface area contributed by atoms with Crippen molar-refractivity contribution in [3.05, 3.63) is 21.9 Å². The quantitative estimate of drug-likeness (QED) is 0.863. The summed E-state index contributed by atoms with van der Waals surface area (Å²) in [6.45, 7) is 4.43. The molecule has 0 spiro atoms. The molecule has 0 amide bonds. The molecule has 3 rings (SSSR count). The van der Waals surface area contributed by atoms with E-state index >= 15 is 0 Å². The molecule has 2 fully saturated rings. The molecule has 106 valence electrons. The molecule has 2 nitrogen and oxygen atoms in total. The number of rotatable bonds is 5. The van der Waals surface area contributed by atoms with Gasteiger partial charge in [-0.3, -0.25) is 0 Å². The third-order valence-corrected chi connectivity index (χ3v) is 5.80. The van der Waals surface area contributed by atoms with Crippen molar-refractivity contribution < 1.29 is 0 Å². The van der Waals surface area contributed by atoms with Crippen LogP contribution in [0.3, 0.4) is 0 Å². The number of nitrogens with one attached hydrogen (secondary N) is 2. The Bertz CT molecular complexity index is 387. The second-order valence-electron chi connectivity index (χ2n) is 6.10. The fourth-order valence-electron chi connectivity index (χ4n) is 3.78. The van der Waals surface area contributed by atoms with E-state index in [0.717, 1.165) is 31.5 Å². The highest BCUT2D eigenvalue weighted by molar-refractivity contribution is 7.10. The molecule has 1 aromatic rings. The van der Waals surface area contributed by atoms with E-state index in [1.807, 2.05) is 11.3 Å². The summed E-state index contributed by atoms with van der Waals surface area (Å²) < 4.78 is 0. The Hall–Kier alpha value is -0.380. The lowest BCUT2D eigenvalue weighted by Gasteiger charge is -2.24. The first kappa shape index (κ1) is 13.6. The SMILES string of the molecule is CCc1ccsc1CNCC1CC2CCCCC2N1. The summed E-state index contributed by atoms with van der Waals surface area (Å²) in [5, 5.41) is 9.73. The highest BCUT2D eigenvalue weighted by Crippen LogP contribution is 2.32. The molecule has 1 aliphatic heterocycles. The average Bonchev–Trinajstić information content (AvgIpc) is 3.04. The second kappa shape index (κ2) is 6.38. The van der Waals surface area contributed by atoms with Crippen molar-refractivity contribution in [3.63, 3.8) is 0 Å². The van der Waals surface area contributed by atoms with E-state index in [1.54, 1.807) is 0 Å². The van der Waals surface area contributed by atoms with Gasteiger partial charge in [0.2, 0.25) is 0 Å². The Morgan fingerprint density at radius 2 is 2.26 bits per heavy atom. The molecule has 2 N–H and O–H groups in total. The fourth-order valence-corrected chi connectivity index (χ4v) is 4.73. The van der Waals surface area contributed by atoms with Crippen molar-refractivity contribution in [1.82, 2.24) is 10.6 Å². The first-order chi connectivity index (χ1) is 9.36. The van der Waals surface area contributed by atoms with Gasteiger partial charge in [-0.1, -0.05) is 19.8 Å². The van der Waals surface area contributed by atoms with E-state index in [1.165, 1.54) is 42.5 Å². The molecule has 3 atom stereocenters. The summed E-state index contributed by atoms with van der Waals surface area (Å²) in [4.78, 5) is 1.53. The van der Waals surface area contributed by atoms with Gasteiger partial charge in [-0.15, -0.1) is 11.3 Å². The number of fused-ring (bicyclic) bond motifs is 1. The topological polar surface area (TPSA) is 24.1 Å². The van der Waals surface area contributed by atoms with Crippen LogP contribution in [0.15, 0.2) is 11.4 Å². The Balaban J connectivity index is 1.43. The Morgan fingerprint density at radius 3 is 3.11 bits per heavy atom. The van der Waals surface area contributed by atoms with Crippen LogP contribution in [-0.4, -0.2) is 18.6 Å². The monoisotopic (exact) mass is 278 g/mol. The predicted molar refractivity (Wildman–Crippen MR) is 82.7 cm³/mol. The van der Waals surface area contributed by atoms with E-state index in [4.69, 9.17) is 0 Å². The van der Waals surface area contributed by atoms with Crippen LogP contribution in [0.1, 0.15) is 49.5 Å². The van der Waals surface area contributed by atoms with Crippen molar-refractivity contribution in [3.8, 4) is 0 Å². The molecule has 1 saturated carbocycles. The largest absolute Gasteiger partial charge is 0.310 e. The molecule has 0 aromatic carbocycles. The number of hydrogen-bond donors (Lipinski definition) is 2. The molecular formula is C16H26N2S. The second-order valence-corrected chi connectivity index (χ2v) is 7.10. The molecule has 3 heteroatoms. The van der Waals surface area contributed by atoms with Crippen LogP contribution in [0.25, 0.3) is 0 Å². The molecular weight excluding hydrogens is 252 g/mol. The van der Waals surface area contributed by atoms with E-state index in [9.17, 15) is 0 Å². The first-order valence-corrected chi connectivity index (χ1v) is 8.76. The van der Waals surface area contributed by atoms with Gasteiger partial charge in [-0.2, -0.15) is 0 Å². The van der Waals surface area contributed by atoms with Crippen molar-refractivity contribution in [2.45, 2.75) is 64.1 Å². The molecule has 0 radical (unpaired) electrons. The zero-order valence-electron chi connectivity index (χ0n) is 12.0. The fraction of sp³-hybridized carbons (Fsp3) is 0.750. The van der Waals surface area contributed by atoms with Gasteiger partial charge in [-0.05, 0) is 48.6 Å². The summed E-state index contributed by atoms with van der Waals surface area (Å²) in [5.41, 5.74) is 1.52. The lowest BCUT2D eigenvalue weighted by Crippen LogP contribution is -2.38. The normalized spacial score (nSPS) is 30.5. The van der Waals surface area contributed by atoms with Crippen molar-refractivity contribution in [2.75, 3.05) is 6.54 Å². The lowest BCUT2D eigenvalue weighted by molar-refractivity contribution is 0.325. The summed E-state index contributed by atoms with van der Waals surface area (Å²) in [5.74, 6) is 0.966. The van der Waals surface area contributed by atoms with Gasteiger partial charge in [0.15, 0.2) is 0 Å². The highest BCUT2D eigenvalue weighted by Gasteiger charge is 2.34. The van der Waals surface area contributed by atoms with E-state index in [0.29, 0.717) is 6.04 Å². The lowest BCUT2D eigenvalue weighted by atomic mass is 9.85. The molecule has 1 saturated heterocycles. The van der Waals surface area contributed by atoms with Gasteiger partial charge in [0.25, 0.3) is 0 Å². The number of thiophene rings is 1. The average molecular weight is 278 g/mol. The highest BCUT2D eigenvalue weighted by atomic mass is 32.1. The molecule has 2 heterocycles. The van der Waals surface area contributed by atoms with Crippen LogP contribution in [0.2, 0.25) is 0 Å². The van der Waals surface area contributed by atoms with Crippen LogP contribution >= 0.6 is 11.3 Å². The summed E-state index contributed by atoms with van der Waals surface area (Å²) in [6, 6.07) is 3.80. The maximum atomic E-state index is 3.84. The first-order valence-electron chi connectivity index (χ1n) is 7.89. The molecule has 3 unspecified atom stereocenters. The molecule has 2 aliphatic rings. The van der Waals surface area contributed by atoms with Gasteiger partial charge < -0.3 is 10.6 Å². The van der Waals surface area contributed by atoms with Crippen LogP contribution < -0.4 is 10.6 Å². The standard InChI is InChI=1S/C16H26N2S/c1-2-12-7-8-19-16(12)11-17-10-14-9-13-5-3-4-6-15(13)18-14/h7-8,13-15,17-18H,2-6,9-11H2,1H3. The van der Waals surface area contributed by atoms with E-state index < -0.39 is 0 Å². The van der Waals surface area contributed by atoms with Crippen molar-refractivity contribution >= 4 is 11.3 Å². The number of hydrogen-bond acceptors (Lipinski definition) is 3. The van der Waals surface area contributed by atoms with Gasteiger partial charge in [-0.25, -0.2) is 0 Å². The zero-order valence-corrected chi connectivity index (χ0v) is 12.8.